The van der Waals surface area contributed by atoms with Crippen molar-refractivity contribution in [3.8, 4) is 0 Å². The van der Waals surface area contributed by atoms with Gasteiger partial charge in [0.15, 0.2) is 0 Å². The Kier molecular flexibility index (Phi) is 2.17. The summed E-state index contributed by atoms with van der Waals surface area (Å²) in [5.41, 5.74) is 0.167. The van der Waals surface area contributed by atoms with Gasteiger partial charge in [0.25, 0.3) is 0 Å². The molecular formula is C15H26O2. The van der Waals surface area contributed by atoms with Crippen LogP contribution in [0.25, 0.3) is 0 Å². The van der Waals surface area contributed by atoms with Crippen LogP contribution in [0.3, 0.4) is 0 Å². The smallest absolute Gasteiger partial charge is 0.0911 e. The van der Waals surface area contributed by atoms with Crippen LogP contribution in [0.1, 0.15) is 59.3 Å². The molecular weight excluding hydrogens is 212 g/mol. The lowest BCUT2D eigenvalue weighted by molar-refractivity contribution is -0.171. The standard InChI is InChI=1S/C15H26O2/c1-12-5-4-6-13(2)11(9-12)15(17,10-16)8-7-14(12,13)3/h11,16-17H,4-10H2,1-3H3. The van der Waals surface area contributed by atoms with Crippen molar-refractivity contribution in [3.05, 3.63) is 0 Å². The average Bonchev–Trinajstić information content (AvgIpc) is 2.43. The number of hydrogen-bond acceptors (Lipinski definition) is 2. The van der Waals surface area contributed by atoms with Crippen LogP contribution in [0.4, 0.5) is 0 Å². The van der Waals surface area contributed by atoms with Gasteiger partial charge in [-0.25, -0.2) is 0 Å². The molecule has 0 amide bonds. The molecule has 5 atom stereocenters. The molecule has 2 N–H and O–H groups in total. The Morgan fingerprint density at radius 1 is 1.06 bits per heavy atom. The lowest BCUT2D eigenvalue weighted by Gasteiger charge is -2.60. The van der Waals surface area contributed by atoms with Crippen LogP contribution >= 0.6 is 0 Å². The van der Waals surface area contributed by atoms with E-state index >= 15 is 0 Å². The molecule has 3 aliphatic carbocycles. The molecule has 2 nitrogen and oxygen atoms in total. The Bertz CT molecular complexity index is 355. The second kappa shape index (κ2) is 3.08. The fourth-order valence-corrected chi connectivity index (χ4v) is 5.85. The molecule has 0 aromatic carbocycles. The molecule has 5 unspecified atom stereocenters. The highest BCUT2D eigenvalue weighted by Gasteiger charge is 2.72. The normalized spacial score (nSPS) is 61.6. The first-order chi connectivity index (χ1) is 7.81. The Balaban J connectivity index is 2.13. The van der Waals surface area contributed by atoms with Gasteiger partial charge in [0.1, 0.15) is 0 Å². The van der Waals surface area contributed by atoms with E-state index in [1.165, 1.54) is 19.3 Å². The molecule has 4 bridgehead atoms. The van der Waals surface area contributed by atoms with Crippen molar-refractivity contribution in [2.75, 3.05) is 6.61 Å². The highest BCUT2D eigenvalue weighted by molar-refractivity contribution is 5.21. The fraction of sp³-hybridized carbons (Fsp3) is 1.00. The summed E-state index contributed by atoms with van der Waals surface area (Å²) in [6.45, 7) is 7.19. The summed E-state index contributed by atoms with van der Waals surface area (Å²) < 4.78 is 0. The minimum absolute atomic E-state index is 0.0561. The zero-order valence-corrected chi connectivity index (χ0v) is 11.4. The molecule has 0 spiro atoms. The monoisotopic (exact) mass is 238 g/mol. The summed E-state index contributed by atoms with van der Waals surface area (Å²) in [5, 5.41) is 20.4. The van der Waals surface area contributed by atoms with Crippen molar-refractivity contribution < 1.29 is 10.2 Å². The predicted octanol–water partition coefficient (Wildman–Crippen LogP) is 2.73. The zero-order chi connectivity index (χ0) is 12.5. The van der Waals surface area contributed by atoms with Gasteiger partial charge in [-0.3, -0.25) is 0 Å². The van der Waals surface area contributed by atoms with Crippen LogP contribution in [0, 0.1) is 22.2 Å². The molecule has 3 rings (SSSR count). The SMILES string of the molecule is CC12CCCC3(C)C(C1)C(O)(CO)CCC23C. The first-order valence-corrected chi connectivity index (χ1v) is 7.15. The number of aliphatic hydroxyl groups excluding tert-OH is 1. The highest BCUT2D eigenvalue weighted by Crippen LogP contribution is 2.77. The van der Waals surface area contributed by atoms with E-state index in [1.807, 2.05) is 0 Å². The first-order valence-electron chi connectivity index (χ1n) is 7.15. The maximum absolute atomic E-state index is 10.8. The van der Waals surface area contributed by atoms with Crippen molar-refractivity contribution in [2.45, 2.75) is 64.9 Å². The Morgan fingerprint density at radius 2 is 1.76 bits per heavy atom. The Morgan fingerprint density at radius 3 is 2.41 bits per heavy atom. The molecule has 0 heterocycles. The van der Waals surface area contributed by atoms with Gasteiger partial charge in [-0.2, -0.15) is 0 Å². The summed E-state index contributed by atoms with van der Waals surface area (Å²) >= 11 is 0. The van der Waals surface area contributed by atoms with E-state index in [2.05, 4.69) is 20.8 Å². The van der Waals surface area contributed by atoms with E-state index in [9.17, 15) is 10.2 Å². The van der Waals surface area contributed by atoms with Gasteiger partial charge in [-0.1, -0.05) is 27.2 Å². The number of aliphatic hydroxyl groups is 2. The predicted molar refractivity (Wildman–Crippen MR) is 67.5 cm³/mol. The van der Waals surface area contributed by atoms with Gasteiger partial charge in [-0.15, -0.1) is 0 Å². The van der Waals surface area contributed by atoms with Gasteiger partial charge in [0.05, 0.1) is 12.2 Å². The van der Waals surface area contributed by atoms with E-state index < -0.39 is 5.60 Å². The maximum atomic E-state index is 10.8. The third-order valence-corrected chi connectivity index (χ3v) is 7.42. The third kappa shape index (κ3) is 1.10. The van der Waals surface area contributed by atoms with E-state index in [-0.39, 0.29) is 12.0 Å². The van der Waals surface area contributed by atoms with E-state index in [1.54, 1.807) is 0 Å². The fourth-order valence-electron chi connectivity index (χ4n) is 5.85. The summed E-state index contributed by atoms with van der Waals surface area (Å²) in [6, 6.07) is 0. The molecule has 98 valence electrons. The van der Waals surface area contributed by atoms with E-state index in [0.717, 1.165) is 19.3 Å². The van der Waals surface area contributed by atoms with Crippen LogP contribution < -0.4 is 0 Å². The number of rotatable bonds is 1. The van der Waals surface area contributed by atoms with Gasteiger partial charge in [-0.05, 0) is 54.3 Å². The molecule has 0 aromatic rings. The average molecular weight is 238 g/mol. The summed E-state index contributed by atoms with van der Waals surface area (Å²) in [5.74, 6) is 0.297. The number of hydrogen-bond donors (Lipinski definition) is 2. The second-order valence-corrected chi connectivity index (χ2v) is 7.68. The molecule has 0 aromatic heterocycles. The summed E-state index contributed by atoms with van der Waals surface area (Å²) in [6.07, 6.45) is 6.80. The molecule has 3 saturated carbocycles. The molecule has 2 heteroatoms. The molecule has 17 heavy (non-hydrogen) atoms. The minimum Gasteiger partial charge on any atom is -0.393 e. The van der Waals surface area contributed by atoms with Crippen LogP contribution in [0.5, 0.6) is 0 Å². The largest absolute Gasteiger partial charge is 0.393 e. The van der Waals surface area contributed by atoms with Crippen molar-refractivity contribution >= 4 is 0 Å². The molecule has 0 radical (unpaired) electrons. The quantitative estimate of drug-likeness (QED) is 0.737. The third-order valence-electron chi connectivity index (χ3n) is 7.42. The van der Waals surface area contributed by atoms with E-state index in [0.29, 0.717) is 16.7 Å². The van der Waals surface area contributed by atoms with Crippen LogP contribution in [0.2, 0.25) is 0 Å². The molecule has 0 aliphatic heterocycles. The van der Waals surface area contributed by atoms with Gasteiger partial charge in [0, 0.05) is 0 Å². The minimum atomic E-state index is -0.809. The van der Waals surface area contributed by atoms with Crippen molar-refractivity contribution in [1.29, 1.82) is 0 Å². The topological polar surface area (TPSA) is 40.5 Å². The van der Waals surface area contributed by atoms with Gasteiger partial charge < -0.3 is 10.2 Å². The van der Waals surface area contributed by atoms with Crippen LogP contribution in [0.15, 0.2) is 0 Å². The lowest BCUT2D eigenvalue weighted by atomic mass is 9.46. The summed E-state index contributed by atoms with van der Waals surface area (Å²) in [7, 11) is 0. The first kappa shape index (κ1) is 12.0. The van der Waals surface area contributed by atoms with Crippen molar-refractivity contribution in [2.24, 2.45) is 22.2 Å². The van der Waals surface area contributed by atoms with Crippen LogP contribution in [-0.4, -0.2) is 22.4 Å². The Labute approximate surface area is 104 Å². The zero-order valence-electron chi connectivity index (χ0n) is 11.4. The summed E-state index contributed by atoms with van der Waals surface area (Å²) in [4.78, 5) is 0. The Hall–Kier alpha value is -0.0800. The van der Waals surface area contributed by atoms with Crippen molar-refractivity contribution in [3.63, 3.8) is 0 Å². The second-order valence-electron chi connectivity index (χ2n) is 7.68. The van der Waals surface area contributed by atoms with Gasteiger partial charge >= 0.3 is 0 Å². The van der Waals surface area contributed by atoms with E-state index in [4.69, 9.17) is 0 Å². The molecule has 3 fully saturated rings. The maximum Gasteiger partial charge on any atom is 0.0911 e. The molecule has 0 saturated heterocycles. The molecule has 3 aliphatic rings. The lowest BCUT2D eigenvalue weighted by Crippen LogP contribution is -2.57. The highest BCUT2D eigenvalue weighted by atomic mass is 16.3. The van der Waals surface area contributed by atoms with Crippen LogP contribution in [-0.2, 0) is 0 Å². The van der Waals surface area contributed by atoms with Crippen molar-refractivity contribution in [1.82, 2.24) is 0 Å². The van der Waals surface area contributed by atoms with Gasteiger partial charge in [0.2, 0.25) is 0 Å².